The van der Waals surface area contributed by atoms with Crippen LogP contribution in [0.3, 0.4) is 0 Å². The molecule has 0 aromatic heterocycles. The lowest BCUT2D eigenvalue weighted by molar-refractivity contribution is -0.0358. The van der Waals surface area contributed by atoms with Crippen molar-refractivity contribution in [3.05, 3.63) is 0 Å². The van der Waals surface area contributed by atoms with Gasteiger partial charge in [0.1, 0.15) is 0 Å². The smallest absolute Gasteiger partial charge is 0.0628 e. The molecule has 4 nitrogen and oxygen atoms in total. The molecule has 2 fully saturated rings. The van der Waals surface area contributed by atoms with Crippen molar-refractivity contribution < 1.29 is 9.84 Å². The summed E-state index contributed by atoms with van der Waals surface area (Å²) in [4.78, 5) is 2.37. The number of rotatable bonds is 2. The molecule has 1 atom stereocenters. The Bertz CT molecular complexity index is 163. The normalized spacial score (nSPS) is 36.7. The molecule has 2 rings (SSSR count). The molecule has 0 amide bonds. The van der Waals surface area contributed by atoms with Crippen LogP contribution < -0.4 is 5.32 Å². The molecule has 0 aromatic carbocycles. The van der Waals surface area contributed by atoms with Crippen molar-refractivity contribution in [3.63, 3.8) is 0 Å². The van der Waals surface area contributed by atoms with Gasteiger partial charge in [-0.3, -0.25) is 4.90 Å². The Kier molecular flexibility index (Phi) is 2.83. The second kappa shape index (κ2) is 3.92. The lowest BCUT2D eigenvalue weighted by Gasteiger charge is -2.41. The first-order chi connectivity index (χ1) is 6.37. The van der Waals surface area contributed by atoms with Gasteiger partial charge in [0.05, 0.1) is 25.4 Å². The highest BCUT2D eigenvalue weighted by Crippen LogP contribution is 2.23. The van der Waals surface area contributed by atoms with Crippen molar-refractivity contribution in [1.82, 2.24) is 10.2 Å². The molecule has 2 heterocycles. The van der Waals surface area contributed by atoms with Crippen molar-refractivity contribution in [1.29, 1.82) is 0 Å². The van der Waals surface area contributed by atoms with Gasteiger partial charge in [-0.25, -0.2) is 0 Å². The molecule has 0 bridgehead atoms. The summed E-state index contributed by atoms with van der Waals surface area (Å²) in [6.07, 6.45) is 1.06. The van der Waals surface area contributed by atoms with Crippen molar-refractivity contribution in [2.45, 2.75) is 12.0 Å². The van der Waals surface area contributed by atoms with Gasteiger partial charge in [-0.15, -0.1) is 0 Å². The minimum absolute atomic E-state index is 0.00375. The largest absolute Gasteiger partial charge is 0.394 e. The van der Waals surface area contributed by atoms with E-state index in [1.54, 1.807) is 0 Å². The third kappa shape index (κ3) is 1.72. The molecule has 2 saturated heterocycles. The van der Waals surface area contributed by atoms with Crippen molar-refractivity contribution in [3.8, 4) is 0 Å². The second-order valence-corrected chi connectivity index (χ2v) is 3.91. The number of aliphatic hydroxyl groups excluding tert-OH is 1. The molecule has 0 saturated carbocycles. The fraction of sp³-hybridized carbons (Fsp3) is 1.00. The van der Waals surface area contributed by atoms with Crippen LogP contribution in [0.5, 0.6) is 0 Å². The number of nitrogens with zero attached hydrogens (tertiary/aromatic N) is 1. The molecule has 1 unspecified atom stereocenters. The van der Waals surface area contributed by atoms with Crippen LogP contribution in [0.15, 0.2) is 0 Å². The zero-order valence-electron chi connectivity index (χ0n) is 7.96. The van der Waals surface area contributed by atoms with E-state index >= 15 is 0 Å². The summed E-state index contributed by atoms with van der Waals surface area (Å²) in [6, 6.07) is 0. The van der Waals surface area contributed by atoms with Crippen LogP contribution in [0.1, 0.15) is 6.42 Å². The zero-order valence-corrected chi connectivity index (χ0v) is 7.96. The fourth-order valence-corrected chi connectivity index (χ4v) is 2.27. The Labute approximate surface area is 78.9 Å². The quantitative estimate of drug-likeness (QED) is 0.583. The monoisotopic (exact) mass is 186 g/mol. The minimum atomic E-state index is 0.00375. The maximum Gasteiger partial charge on any atom is 0.0628 e. The number of ether oxygens (including phenoxy) is 1. The Morgan fingerprint density at radius 1 is 1.38 bits per heavy atom. The molecule has 76 valence electrons. The summed E-state index contributed by atoms with van der Waals surface area (Å²) < 4.78 is 5.31. The third-order valence-corrected chi connectivity index (χ3v) is 3.20. The van der Waals surface area contributed by atoms with Crippen LogP contribution in [0.2, 0.25) is 0 Å². The van der Waals surface area contributed by atoms with E-state index in [9.17, 15) is 5.11 Å². The van der Waals surface area contributed by atoms with E-state index in [-0.39, 0.29) is 12.1 Å². The average molecular weight is 186 g/mol. The van der Waals surface area contributed by atoms with Crippen molar-refractivity contribution >= 4 is 0 Å². The van der Waals surface area contributed by atoms with Gasteiger partial charge in [0, 0.05) is 19.6 Å². The van der Waals surface area contributed by atoms with Gasteiger partial charge in [-0.2, -0.15) is 0 Å². The van der Waals surface area contributed by atoms with E-state index < -0.39 is 0 Å². The molecule has 0 aliphatic carbocycles. The van der Waals surface area contributed by atoms with Gasteiger partial charge in [0.25, 0.3) is 0 Å². The van der Waals surface area contributed by atoms with E-state index in [0.29, 0.717) is 0 Å². The summed E-state index contributed by atoms with van der Waals surface area (Å²) >= 11 is 0. The predicted octanol–water partition coefficient (Wildman–Crippen LogP) is -0.957. The molecule has 2 aliphatic heterocycles. The molecule has 0 spiro atoms. The van der Waals surface area contributed by atoms with Gasteiger partial charge in [0.15, 0.2) is 0 Å². The van der Waals surface area contributed by atoms with Crippen molar-refractivity contribution in [2.24, 2.45) is 0 Å². The molecule has 2 N–H and O–H groups in total. The van der Waals surface area contributed by atoms with Gasteiger partial charge >= 0.3 is 0 Å². The van der Waals surface area contributed by atoms with Crippen LogP contribution >= 0.6 is 0 Å². The van der Waals surface area contributed by atoms with Gasteiger partial charge in [-0.05, 0) is 13.0 Å². The van der Waals surface area contributed by atoms with E-state index in [2.05, 4.69) is 10.2 Å². The molecular weight excluding hydrogens is 168 g/mol. The van der Waals surface area contributed by atoms with Gasteiger partial charge in [0.2, 0.25) is 0 Å². The third-order valence-electron chi connectivity index (χ3n) is 3.20. The summed E-state index contributed by atoms with van der Waals surface area (Å²) in [7, 11) is 0. The van der Waals surface area contributed by atoms with E-state index in [1.165, 1.54) is 0 Å². The number of hydrogen-bond acceptors (Lipinski definition) is 4. The van der Waals surface area contributed by atoms with Crippen LogP contribution in [-0.4, -0.2) is 61.5 Å². The Hall–Kier alpha value is -0.160. The van der Waals surface area contributed by atoms with Gasteiger partial charge in [-0.1, -0.05) is 0 Å². The molecule has 4 heteroatoms. The predicted molar refractivity (Wildman–Crippen MR) is 49.7 cm³/mol. The molecule has 0 radical (unpaired) electrons. The number of morpholine rings is 1. The fourth-order valence-electron chi connectivity index (χ4n) is 2.27. The lowest BCUT2D eigenvalue weighted by atomic mass is 9.97. The Morgan fingerprint density at radius 3 is 2.69 bits per heavy atom. The molecule has 2 aliphatic rings. The van der Waals surface area contributed by atoms with E-state index in [1.807, 2.05) is 0 Å². The number of hydrogen-bond donors (Lipinski definition) is 2. The first-order valence-corrected chi connectivity index (χ1v) is 5.02. The first kappa shape index (κ1) is 9.40. The van der Waals surface area contributed by atoms with Gasteiger partial charge < -0.3 is 15.2 Å². The zero-order chi connectivity index (χ0) is 9.15. The Morgan fingerprint density at radius 2 is 2.15 bits per heavy atom. The minimum Gasteiger partial charge on any atom is -0.394 e. The SMILES string of the molecule is OCC1(N2CCOCC2)CCNC1. The van der Waals surface area contributed by atoms with E-state index in [0.717, 1.165) is 45.8 Å². The highest BCUT2D eigenvalue weighted by atomic mass is 16.5. The van der Waals surface area contributed by atoms with Crippen molar-refractivity contribution in [2.75, 3.05) is 46.0 Å². The summed E-state index contributed by atoms with van der Waals surface area (Å²) in [6.45, 7) is 5.75. The van der Waals surface area contributed by atoms with E-state index in [4.69, 9.17) is 4.74 Å². The second-order valence-electron chi connectivity index (χ2n) is 3.91. The summed E-state index contributed by atoms with van der Waals surface area (Å²) in [5.74, 6) is 0. The molecule has 13 heavy (non-hydrogen) atoms. The molecule has 0 aromatic rings. The number of nitrogens with one attached hydrogen (secondary N) is 1. The van der Waals surface area contributed by atoms with Crippen LogP contribution in [0.4, 0.5) is 0 Å². The summed E-state index contributed by atoms with van der Waals surface area (Å²) in [5.41, 5.74) is 0.00375. The van der Waals surface area contributed by atoms with Crippen LogP contribution in [0, 0.1) is 0 Å². The maximum absolute atomic E-state index is 9.45. The maximum atomic E-state index is 9.45. The van der Waals surface area contributed by atoms with Crippen LogP contribution in [-0.2, 0) is 4.74 Å². The molecular formula is C9H18N2O2. The topological polar surface area (TPSA) is 44.7 Å². The standard InChI is InChI=1S/C9H18N2O2/c12-8-9(1-2-10-7-9)11-3-5-13-6-4-11/h10,12H,1-8H2. The highest BCUT2D eigenvalue weighted by Gasteiger charge is 2.39. The lowest BCUT2D eigenvalue weighted by Crippen LogP contribution is -2.57. The Balaban J connectivity index is 2.01. The average Bonchev–Trinajstić information content (AvgIpc) is 2.69. The van der Waals surface area contributed by atoms with Crippen LogP contribution in [0.25, 0.3) is 0 Å². The number of aliphatic hydroxyl groups is 1. The summed E-state index contributed by atoms with van der Waals surface area (Å²) in [5, 5.41) is 12.8. The first-order valence-electron chi connectivity index (χ1n) is 5.02. The highest BCUT2D eigenvalue weighted by molar-refractivity contribution is 4.97.